The maximum atomic E-state index is 13.9. The molecule has 0 spiro atoms. The third kappa shape index (κ3) is 4.76. The fraction of sp³-hybridized carbons (Fsp3) is 0.652. The minimum absolute atomic E-state index is 0.0782. The fourth-order valence-corrected chi connectivity index (χ4v) is 5.47. The van der Waals surface area contributed by atoms with Gasteiger partial charge in [0.2, 0.25) is 5.91 Å². The van der Waals surface area contributed by atoms with Crippen molar-refractivity contribution in [2.45, 2.75) is 72.4 Å². The Morgan fingerprint density at radius 1 is 1.23 bits per heavy atom. The average molecular weight is 422 g/mol. The van der Waals surface area contributed by atoms with Gasteiger partial charge in [-0.1, -0.05) is 41.0 Å². The predicted octanol–water partition coefficient (Wildman–Crippen LogP) is 4.93. The van der Waals surface area contributed by atoms with E-state index < -0.39 is 23.7 Å². The number of halogens is 2. The third-order valence-electron chi connectivity index (χ3n) is 6.64. The van der Waals surface area contributed by atoms with Crippen molar-refractivity contribution in [1.29, 1.82) is 0 Å². The molecule has 7 heteroatoms. The van der Waals surface area contributed by atoms with E-state index in [9.17, 15) is 18.4 Å². The summed E-state index contributed by atoms with van der Waals surface area (Å²) in [5.74, 6) is -1.74. The van der Waals surface area contributed by atoms with Gasteiger partial charge in [0.25, 0.3) is 0 Å². The second kappa shape index (κ2) is 8.16. The van der Waals surface area contributed by atoms with Crippen LogP contribution in [0.2, 0.25) is 0 Å². The molecular weight excluding hydrogens is 388 g/mol. The number of hydrogen-bond donors (Lipinski definition) is 2. The van der Waals surface area contributed by atoms with Gasteiger partial charge in [-0.2, -0.15) is 0 Å². The first-order chi connectivity index (χ1) is 13.9. The van der Waals surface area contributed by atoms with Gasteiger partial charge < -0.3 is 15.5 Å². The molecule has 5 nitrogen and oxygen atoms in total. The lowest BCUT2D eigenvalue weighted by atomic mass is 9.65. The van der Waals surface area contributed by atoms with Crippen LogP contribution in [0.1, 0.15) is 60.3 Å². The van der Waals surface area contributed by atoms with Crippen molar-refractivity contribution in [2.24, 2.45) is 16.7 Å². The van der Waals surface area contributed by atoms with Gasteiger partial charge in [-0.15, -0.1) is 0 Å². The number of nitrogens with zero attached hydrogens (tertiary/aromatic N) is 1. The monoisotopic (exact) mass is 421 g/mol. The quantitative estimate of drug-likeness (QED) is 0.708. The molecule has 1 aromatic carbocycles. The highest BCUT2D eigenvalue weighted by Gasteiger charge is 2.52. The molecule has 1 saturated heterocycles. The zero-order valence-electron chi connectivity index (χ0n) is 18.5. The lowest BCUT2D eigenvalue weighted by molar-refractivity contribution is -0.135. The standard InChI is InChI=1S/C23H33F2N3O2/c1-6-14(2)19(27-21(30)26-18-8-7-15(24)9-17(18)25)20(29)28-13-23(5)11-16(28)10-22(3,4)12-23/h7-9,14,16,19H,6,10-13H2,1-5H3,(H2,26,27,30). The van der Waals surface area contributed by atoms with E-state index in [-0.39, 0.29) is 34.4 Å². The van der Waals surface area contributed by atoms with Gasteiger partial charge in [0.05, 0.1) is 5.69 Å². The van der Waals surface area contributed by atoms with Crippen LogP contribution in [0.25, 0.3) is 0 Å². The van der Waals surface area contributed by atoms with Crippen LogP contribution in [0, 0.1) is 28.4 Å². The molecule has 1 aromatic rings. The number of carbonyl (C=O) groups is 2. The number of anilines is 1. The zero-order chi connectivity index (χ0) is 22.3. The first kappa shape index (κ1) is 22.5. The van der Waals surface area contributed by atoms with Crippen molar-refractivity contribution in [3.05, 3.63) is 29.8 Å². The zero-order valence-corrected chi connectivity index (χ0v) is 18.5. The van der Waals surface area contributed by atoms with Gasteiger partial charge in [-0.05, 0) is 48.1 Å². The maximum Gasteiger partial charge on any atom is 0.319 e. The number of carbonyl (C=O) groups excluding carboxylic acids is 2. The van der Waals surface area contributed by atoms with Crippen molar-refractivity contribution in [1.82, 2.24) is 10.2 Å². The molecule has 0 radical (unpaired) electrons. The van der Waals surface area contributed by atoms with Crippen LogP contribution in [-0.4, -0.2) is 35.5 Å². The molecule has 2 bridgehead atoms. The molecule has 166 valence electrons. The average Bonchev–Trinajstić information content (AvgIpc) is 2.89. The Morgan fingerprint density at radius 2 is 1.93 bits per heavy atom. The largest absolute Gasteiger partial charge is 0.337 e. The lowest BCUT2D eigenvalue weighted by Gasteiger charge is -2.39. The Kier molecular flexibility index (Phi) is 6.12. The smallest absolute Gasteiger partial charge is 0.319 e. The number of hydrogen-bond acceptors (Lipinski definition) is 2. The van der Waals surface area contributed by atoms with E-state index in [1.165, 1.54) is 0 Å². The van der Waals surface area contributed by atoms with Crippen molar-refractivity contribution in [2.75, 3.05) is 11.9 Å². The highest BCUT2D eigenvalue weighted by Crippen LogP contribution is 2.52. The topological polar surface area (TPSA) is 61.4 Å². The number of amides is 3. The van der Waals surface area contributed by atoms with E-state index in [4.69, 9.17) is 0 Å². The van der Waals surface area contributed by atoms with E-state index in [1.54, 1.807) is 0 Å². The molecule has 3 rings (SSSR count). The summed E-state index contributed by atoms with van der Waals surface area (Å²) in [6.07, 6.45) is 3.73. The van der Waals surface area contributed by atoms with Crippen molar-refractivity contribution < 1.29 is 18.4 Å². The molecule has 2 aliphatic rings. The van der Waals surface area contributed by atoms with Crippen molar-refractivity contribution in [3.8, 4) is 0 Å². The van der Waals surface area contributed by atoms with E-state index in [1.807, 2.05) is 18.7 Å². The SMILES string of the molecule is CCC(C)C(NC(=O)Nc1ccc(F)cc1F)C(=O)N1CC2(C)CC1CC(C)(C)C2. The minimum atomic E-state index is -0.861. The molecule has 4 atom stereocenters. The Labute approximate surface area is 177 Å². The number of rotatable bonds is 5. The van der Waals surface area contributed by atoms with E-state index in [0.29, 0.717) is 19.0 Å². The second-order valence-corrected chi connectivity index (χ2v) is 10.3. The van der Waals surface area contributed by atoms with Gasteiger partial charge in [0.15, 0.2) is 0 Å². The molecule has 30 heavy (non-hydrogen) atoms. The number of fused-ring (bicyclic) bond motifs is 2. The van der Waals surface area contributed by atoms with E-state index in [2.05, 4.69) is 31.4 Å². The van der Waals surface area contributed by atoms with Crippen LogP contribution in [0.3, 0.4) is 0 Å². The molecule has 1 aliphatic carbocycles. The summed E-state index contributed by atoms with van der Waals surface area (Å²) in [6.45, 7) is 11.3. The Bertz CT molecular complexity index is 829. The Morgan fingerprint density at radius 3 is 2.57 bits per heavy atom. The summed E-state index contributed by atoms with van der Waals surface area (Å²) in [4.78, 5) is 28.0. The summed E-state index contributed by atoms with van der Waals surface area (Å²) < 4.78 is 27.0. The molecule has 4 unspecified atom stereocenters. The number of likely N-dealkylation sites (tertiary alicyclic amines) is 1. The molecule has 2 fully saturated rings. The first-order valence-electron chi connectivity index (χ1n) is 10.8. The summed E-state index contributed by atoms with van der Waals surface area (Å²) in [6, 6.07) is 1.74. The van der Waals surface area contributed by atoms with Crippen LogP contribution in [0.4, 0.5) is 19.3 Å². The summed E-state index contributed by atoms with van der Waals surface area (Å²) >= 11 is 0. The second-order valence-electron chi connectivity index (χ2n) is 10.3. The van der Waals surface area contributed by atoms with Crippen LogP contribution in [0.15, 0.2) is 18.2 Å². The third-order valence-corrected chi connectivity index (χ3v) is 6.64. The van der Waals surface area contributed by atoms with Gasteiger partial charge in [0.1, 0.15) is 17.7 Å². The van der Waals surface area contributed by atoms with Crippen molar-refractivity contribution in [3.63, 3.8) is 0 Å². The van der Waals surface area contributed by atoms with E-state index in [0.717, 1.165) is 31.4 Å². The highest BCUT2D eigenvalue weighted by atomic mass is 19.1. The molecule has 1 heterocycles. The predicted molar refractivity (Wildman–Crippen MR) is 113 cm³/mol. The molecular formula is C23H33F2N3O2. The normalized spacial score (nSPS) is 26.8. The molecule has 3 amide bonds. The van der Waals surface area contributed by atoms with Gasteiger partial charge in [0, 0.05) is 18.7 Å². The molecule has 1 aliphatic heterocycles. The maximum absolute atomic E-state index is 13.9. The minimum Gasteiger partial charge on any atom is -0.337 e. The van der Waals surface area contributed by atoms with Gasteiger partial charge in [-0.25, -0.2) is 13.6 Å². The van der Waals surface area contributed by atoms with Crippen molar-refractivity contribution >= 4 is 17.6 Å². The van der Waals surface area contributed by atoms with E-state index >= 15 is 0 Å². The number of nitrogens with one attached hydrogen (secondary N) is 2. The van der Waals surface area contributed by atoms with Gasteiger partial charge >= 0.3 is 6.03 Å². The fourth-order valence-electron chi connectivity index (χ4n) is 5.47. The Balaban J connectivity index is 1.74. The molecule has 1 saturated carbocycles. The van der Waals surface area contributed by atoms with Gasteiger partial charge in [-0.3, -0.25) is 4.79 Å². The lowest BCUT2D eigenvalue weighted by Crippen LogP contribution is -2.54. The van der Waals surface area contributed by atoms with Crippen LogP contribution in [-0.2, 0) is 4.79 Å². The van der Waals surface area contributed by atoms with Crippen LogP contribution in [0.5, 0.6) is 0 Å². The highest BCUT2D eigenvalue weighted by molar-refractivity contribution is 5.94. The van der Waals surface area contributed by atoms with Crippen LogP contribution >= 0.6 is 0 Å². The number of urea groups is 1. The van der Waals surface area contributed by atoms with Crippen LogP contribution < -0.4 is 10.6 Å². The molecule has 2 N–H and O–H groups in total. The summed E-state index contributed by atoms with van der Waals surface area (Å²) in [7, 11) is 0. The number of benzene rings is 1. The molecule has 0 aromatic heterocycles. The summed E-state index contributed by atoms with van der Waals surface area (Å²) in [5, 5.41) is 5.14. The first-order valence-corrected chi connectivity index (χ1v) is 10.8. The Hall–Kier alpha value is -2.18. The summed E-state index contributed by atoms with van der Waals surface area (Å²) in [5.41, 5.74) is 0.154.